The number of carbonyl (C=O) groups excluding carboxylic acids is 3. The first-order valence-electron chi connectivity index (χ1n) is 31.3. The van der Waals surface area contributed by atoms with E-state index >= 15 is 0 Å². The van der Waals surface area contributed by atoms with Crippen LogP contribution in [0.5, 0.6) is 0 Å². The number of hydrogen-bond donors (Lipinski definition) is 0. The zero-order chi connectivity index (χ0) is 57.1. The molecular formula is C73H112O6. The van der Waals surface area contributed by atoms with Gasteiger partial charge in [-0.2, -0.15) is 0 Å². The summed E-state index contributed by atoms with van der Waals surface area (Å²) in [6.07, 6.45) is 97.5. The number of carbonyl (C=O) groups is 3. The van der Waals surface area contributed by atoms with Crippen LogP contribution in [0.3, 0.4) is 0 Å². The van der Waals surface area contributed by atoms with E-state index in [0.717, 1.165) is 148 Å². The second-order valence-corrected chi connectivity index (χ2v) is 19.8. The van der Waals surface area contributed by atoms with Gasteiger partial charge >= 0.3 is 17.9 Å². The maximum atomic E-state index is 12.9. The molecular weight excluding hydrogens is 973 g/mol. The maximum Gasteiger partial charge on any atom is 0.306 e. The van der Waals surface area contributed by atoms with E-state index in [4.69, 9.17) is 14.2 Å². The van der Waals surface area contributed by atoms with Crippen LogP contribution in [0.15, 0.2) is 182 Å². The zero-order valence-electron chi connectivity index (χ0n) is 50.3. The van der Waals surface area contributed by atoms with E-state index in [0.29, 0.717) is 19.3 Å². The molecule has 6 nitrogen and oxygen atoms in total. The van der Waals surface area contributed by atoms with E-state index in [1.807, 2.05) is 0 Å². The summed E-state index contributed by atoms with van der Waals surface area (Å²) < 4.78 is 16.8. The lowest BCUT2D eigenvalue weighted by Crippen LogP contribution is -2.30. The fourth-order valence-electron chi connectivity index (χ4n) is 7.76. The van der Waals surface area contributed by atoms with E-state index in [1.54, 1.807) is 0 Å². The Bertz CT molecular complexity index is 1870. The minimum atomic E-state index is -0.834. The Balaban J connectivity index is 4.53. The Morgan fingerprint density at radius 1 is 0.266 bits per heavy atom. The minimum Gasteiger partial charge on any atom is -0.462 e. The predicted octanol–water partition coefficient (Wildman–Crippen LogP) is 21.7. The summed E-state index contributed by atoms with van der Waals surface area (Å²) in [7, 11) is 0. The van der Waals surface area contributed by atoms with Gasteiger partial charge < -0.3 is 14.2 Å². The lowest BCUT2D eigenvalue weighted by atomic mass is 10.1. The van der Waals surface area contributed by atoms with Gasteiger partial charge in [0.15, 0.2) is 6.10 Å². The Morgan fingerprint density at radius 2 is 0.506 bits per heavy atom. The minimum absolute atomic E-state index is 0.123. The molecule has 0 aliphatic carbocycles. The van der Waals surface area contributed by atoms with Gasteiger partial charge in [-0.1, -0.05) is 248 Å². The first kappa shape index (κ1) is 73.5. The highest BCUT2D eigenvalue weighted by Gasteiger charge is 2.19. The molecule has 0 rings (SSSR count). The van der Waals surface area contributed by atoms with Gasteiger partial charge in [-0.15, -0.1) is 0 Å². The molecule has 0 saturated heterocycles. The largest absolute Gasteiger partial charge is 0.462 e. The Kier molecular flexibility index (Phi) is 60.5. The fraction of sp³-hybridized carbons (Fsp3) is 0.548. The molecule has 0 bridgehead atoms. The van der Waals surface area contributed by atoms with Gasteiger partial charge in [0.25, 0.3) is 0 Å². The van der Waals surface area contributed by atoms with Crippen LogP contribution >= 0.6 is 0 Å². The first-order chi connectivity index (χ1) is 39.0. The van der Waals surface area contributed by atoms with E-state index in [9.17, 15) is 14.4 Å². The number of hydrogen-bond acceptors (Lipinski definition) is 6. The molecule has 0 aliphatic heterocycles. The average molecular weight is 1090 g/mol. The van der Waals surface area contributed by atoms with Gasteiger partial charge in [-0.05, 0) is 154 Å². The van der Waals surface area contributed by atoms with Crippen molar-refractivity contribution in [3.63, 3.8) is 0 Å². The molecule has 0 heterocycles. The van der Waals surface area contributed by atoms with Crippen LogP contribution in [0.25, 0.3) is 0 Å². The topological polar surface area (TPSA) is 78.9 Å². The highest BCUT2D eigenvalue weighted by atomic mass is 16.6. The second-order valence-electron chi connectivity index (χ2n) is 19.8. The number of allylic oxidation sites excluding steroid dienone is 30. The molecule has 0 aliphatic rings. The molecule has 0 aromatic rings. The summed E-state index contributed by atoms with van der Waals surface area (Å²) in [5.41, 5.74) is 0. The highest BCUT2D eigenvalue weighted by Crippen LogP contribution is 2.12. The van der Waals surface area contributed by atoms with Crippen LogP contribution in [0.1, 0.15) is 239 Å². The van der Waals surface area contributed by atoms with E-state index in [2.05, 4.69) is 203 Å². The Hall–Kier alpha value is -5.49. The lowest BCUT2D eigenvalue weighted by molar-refractivity contribution is -0.167. The molecule has 0 amide bonds. The number of unbranched alkanes of at least 4 members (excludes halogenated alkanes) is 13. The maximum absolute atomic E-state index is 12.9. The molecule has 0 aromatic heterocycles. The molecule has 0 N–H and O–H groups in total. The van der Waals surface area contributed by atoms with Crippen LogP contribution in [-0.4, -0.2) is 37.2 Å². The monoisotopic (exact) mass is 1080 g/mol. The van der Waals surface area contributed by atoms with Crippen molar-refractivity contribution in [2.75, 3.05) is 13.2 Å². The van der Waals surface area contributed by atoms with Gasteiger partial charge in [0.2, 0.25) is 0 Å². The van der Waals surface area contributed by atoms with Crippen LogP contribution in [0, 0.1) is 0 Å². The zero-order valence-corrected chi connectivity index (χ0v) is 50.3. The molecule has 1 unspecified atom stereocenters. The third kappa shape index (κ3) is 63.2. The van der Waals surface area contributed by atoms with E-state index in [1.165, 1.54) is 38.5 Å². The molecule has 0 aromatic carbocycles. The second kappa shape index (κ2) is 65.0. The molecule has 1 atom stereocenters. The number of esters is 3. The highest BCUT2D eigenvalue weighted by molar-refractivity contribution is 5.71. The van der Waals surface area contributed by atoms with Crippen LogP contribution in [-0.2, 0) is 28.6 Å². The predicted molar refractivity (Wildman–Crippen MR) is 343 cm³/mol. The first-order valence-corrected chi connectivity index (χ1v) is 31.3. The quantitative estimate of drug-likeness (QED) is 0.0261. The van der Waals surface area contributed by atoms with Gasteiger partial charge in [0.05, 0.1) is 0 Å². The van der Waals surface area contributed by atoms with Gasteiger partial charge in [0, 0.05) is 19.3 Å². The van der Waals surface area contributed by atoms with Gasteiger partial charge in [0.1, 0.15) is 13.2 Å². The smallest absolute Gasteiger partial charge is 0.306 e. The molecule has 79 heavy (non-hydrogen) atoms. The lowest BCUT2D eigenvalue weighted by Gasteiger charge is -2.18. The van der Waals surface area contributed by atoms with Crippen LogP contribution in [0.4, 0.5) is 0 Å². The average Bonchev–Trinajstić information content (AvgIpc) is 3.45. The number of ether oxygens (including phenoxy) is 3. The number of rotatable bonds is 54. The van der Waals surface area contributed by atoms with E-state index < -0.39 is 6.10 Å². The van der Waals surface area contributed by atoms with Gasteiger partial charge in [-0.25, -0.2) is 0 Å². The van der Waals surface area contributed by atoms with E-state index in [-0.39, 0.29) is 44.0 Å². The van der Waals surface area contributed by atoms with Crippen LogP contribution < -0.4 is 0 Å². The standard InChI is InChI=1S/C73H112O6/c1-4-7-10-13-16-19-22-25-27-29-31-32-33-34-35-36-37-38-39-40-42-43-45-48-51-54-57-60-63-66-72(75)78-69-70(68-77-71(74)65-62-59-56-53-50-47-24-21-18-15-12-9-6-3)79-73(76)67-64-61-58-55-52-49-46-44-41-30-28-26-23-20-17-14-11-8-5-2/h7-8,10-11,16-17,19-21,24-28,31-32,34-35,37-38,40-42,44-45,48-49,52,54,57,70H,4-6,9,12-15,18,22-23,29-30,33,36,39,43,46-47,50-51,53,55-56,58-69H2,1-3H3/b10-7-,11-8-,19-16-,20-17-,24-21-,27-25-,28-26-,32-31-,35-34-,38-37-,42-40-,44-41-,48-45-,52-49-,57-54-. The van der Waals surface area contributed by atoms with Crippen molar-refractivity contribution in [3.05, 3.63) is 182 Å². The van der Waals surface area contributed by atoms with Crippen molar-refractivity contribution in [3.8, 4) is 0 Å². The normalized spacial score (nSPS) is 13.4. The van der Waals surface area contributed by atoms with Crippen molar-refractivity contribution in [2.24, 2.45) is 0 Å². The third-order valence-corrected chi connectivity index (χ3v) is 12.4. The van der Waals surface area contributed by atoms with Crippen molar-refractivity contribution >= 4 is 17.9 Å². The molecule has 6 heteroatoms. The van der Waals surface area contributed by atoms with Crippen molar-refractivity contribution < 1.29 is 28.6 Å². The fourth-order valence-corrected chi connectivity index (χ4v) is 7.76. The summed E-state index contributed by atoms with van der Waals surface area (Å²) in [5.74, 6) is -1.04. The Labute approximate surface area is 484 Å². The third-order valence-electron chi connectivity index (χ3n) is 12.4. The molecule has 0 radical (unpaired) electrons. The van der Waals surface area contributed by atoms with Crippen molar-refractivity contribution in [2.45, 2.75) is 245 Å². The Morgan fingerprint density at radius 3 is 0.848 bits per heavy atom. The summed E-state index contributed by atoms with van der Waals surface area (Å²) >= 11 is 0. The van der Waals surface area contributed by atoms with Crippen molar-refractivity contribution in [1.29, 1.82) is 0 Å². The van der Waals surface area contributed by atoms with Crippen LogP contribution in [0.2, 0.25) is 0 Å². The van der Waals surface area contributed by atoms with Crippen molar-refractivity contribution in [1.82, 2.24) is 0 Å². The summed E-state index contributed by atoms with van der Waals surface area (Å²) in [6, 6.07) is 0. The molecule has 0 spiro atoms. The van der Waals surface area contributed by atoms with Gasteiger partial charge in [-0.3, -0.25) is 14.4 Å². The molecule has 440 valence electrons. The summed E-state index contributed by atoms with van der Waals surface area (Å²) in [6.45, 7) is 6.30. The summed E-state index contributed by atoms with van der Waals surface area (Å²) in [4.78, 5) is 38.2. The molecule has 0 fully saturated rings. The summed E-state index contributed by atoms with van der Waals surface area (Å²) in [5, 5.41) is 0. The molecule has 0 saturated carbocycles. The SMILES string of the molecule is CC/C=C\C/C=C\C/C=C\C/C=C\C/C=C\C/C=C\C/C=C\C/C=C\C/C=C\CCCC(=O)OCC(COC(=O)CCCCCCC/C=C\CCCCCC)OC(=O)CCCCC/C=C\C/C=C\C/C=C\C/C=C\C/C=C\CC.